The number of esters is 1. The van der Waals surface area contributed by atoms with Crippen LogP contribution in [0.3, 0.4) is 0 Å². The zero-order valence-corrected chi connectivity index (χ0v) is 17.5. The first-order valence-electron chi connectivity index (χ1n) is 9.69. The van der Waals surface area contributed by atoms with Gasteiger partial charge in [0.1, 0.15) is 5.40 Å². The molecule has 1 amide bonds. The van der Waals surface area contributed by atoms with Gasteiger partial charge >= 0.3 is 5.97 Å². The van der Waals surface area contributed by atoms with Gasteiger partial charge in [-0.1, -0.05) is 18.2 Å². The third-order valence-electron chi connectivity index (χ3n) is 5.06. The van der Waals surface area contributed by atoms with Crippen LogP contribution < -0.4 is 5.32 Å². The van der Waals surface area contributed by atoms with E-state index in [1.165, 1.54) is 24.0 Å². The Morgan fingerprint density at radius 1 is 1.10 bits per heavy atom. The number of amides is 1. The van der Waals surface area contributed by atoms with Crippen molar-refractivity contribution in [3.05, 3.63) is 58.1 Å². The summed E-state index contributed by atoms with van der Waals surface area (Å²) in [6.07, 6.45) is 4.75. The van der Waals surface area contributed by atoms with Crippen molar-refractivity contribution in [2.75, 3.05) is 11.9 Å². The van der Waals surface area contributed by atoms with Crippen LogP contribution >= 0.6 is 11.8 Å². The quantitative estimate of drug-likeness (QED) is 0.433. The van der Waals surface area contributed by atoms with Crippen LogP contribution in [0.4, 0.5) is 5.69 Å². The van der Waals surface area contributed by atoms with Crippen LogP contribution in [0.25, 0.3) is 0 Å². The van der Waals surface area contributed by atoms with Gasteiger partial charge in [0.2, 0.25) is 0 Å². The van der Waals surface area contributed by atoms with Crippen LogP contribution in [-0.2, 0) is 33.6 Å². The average Bonchev–Trinajstić information content (AvgIpc) is 2.69. The summed E-state index contributed by atoms with van der Waals surface area (Å²) in [5.74, 6) is -0.791. The molecule has 0 atom stereocenters. The van der Waals surface area contributed by atoms with E-state index >= 15 is 0 Å². The summed E-state index contributed by atoms with van der Waals surface area (Å²) >= 11 is 1.08. The summed E-state index contributed by atoms with van der Waals surface area (Å²) < 4.78 is 5.17. The van der Waals surface area contributed by atoms with Crippen molar-refractivity contribution in [2.45, 2.75) is 50.8 Å². The summed E-state index contributed by atoms with van der Waals surface area (Å²) in [4.78, 5) is 25.2. The molecule has 0 aliphatic heterocycles. The van der Waals surface area contributed by atoms with Crippen molar-refractivity contribution < 1.29 is 14.3 Å². The Morgan fingerprint density at radius 2 is 1.79 bits per heavy atom. The molecule has 0 saturated carbocycles. The van der Waals surface area contributed by atoms with Crippen LogP contribution in [0.15, 0.2) is 35.2 Å². The fourth-order valence-electron chi connectivity index (χ4n) is 3.67. The number of fused-ring (bicyclic) bond motifs is 1. The number of hydrogen-bond acceptors (Lipinski definition) is 5. The normalized spacial score (nSPS) is 12.6. The Bertz CT molecular complexity index is 956. The molecule has 0 bridgehead atoms. The lowest BCUT2D eigenvalue weighted by Crippen LogP contribution is -2.22. The van der Waals surface area contributed by atoms with Crippen molar-refractivity contribution in [3.63, 3.8) is 0 Å². The highest BCUT2D eigenvalue weighted by atomic mass is 32.2. The van der Waals surface area contributed by atoms with Crippen molar-refractivity contribution in [1.29, 1.82) is 5.26 Å². The Kier molecular flexibility index (Phi) is 6.95. The second-order valence-corrected chi connectivity index (χ2v) is 8.18. The van der Waals surface area contributed by atoms with Gasteiger partial charge in [-0.3, -0.25) is 9.59 Å². The summed E-state index contributed by atoms with van der Waals surface area (Å²) in [7, 11) is 0. The Hall–Kier alpha value is -2.78. The van der Waals surface area contributed by atoms with E-state index in [1.807, 2.05) is 37.4 Å². The largest absolute Gasteiger partial charge is 0.455 e. The Balaban J connectivity index is 1.53. The lowest BCUT2D eigenvalue weighted by molar-refractivity contribution is -0.146. The number of nitriles is 1. The first-order valence-corrected chi connectivity index (χ1v) is 10.5. The molecule has 2 aromatic carbocycles. The predicted octanol–water partition coefficient (Wildman–Crippen LogP) is 4.48. The first kappa shape index (κ1) is 20.9. The van der Waals surface area contributed by atoms with Gasteiger partial charge in [-0.15, -0.1) is 0 Å². The zero-order chi connectivity index (χ0) is 20.8. The molecule has 3 rings (SSSR count). The monoisotopic (exact) mass is 408 g/mol. The minimum absolute atomic E-state index is 0.165. The molecule has 1 aliphatic carbocycles. The summed E-state index contributed by atoms with van der Waals surface area (Å²) in [6.45, 7) is 3.41. The number of hydrogen-bond donors (Lipinski definition) is 1. The zero-order valence-electron chi connectivity index (χ0n) is 16.7. The topological polar surface area (TPSA) is 79.2 Å². The molecule has 0 spiro atoms. The fraction of sp³-hybridized carbons (Fsp3) is 0.348. The van der Waals surface area contributed by atoms with Gasteiger partial charge in [0.25, 0.3) is 5.91 Å². The van der Waals surface area contributed by atoms with Crippen LogP contribution in [0.1, 0.15) is 40.7 Å². The minimum atomic E-state index is -0.412. The summed E-state index contributed by atoms with van der Waals surface area (Å²) in [6, 6.07) is 9.85. The molecule has 0 unspecified atom stereocenters. The molecule has 1 aliphatic rings. The molecular formula is C23H24N2O3S. The van der Waals surface area contributed by atoms with Crippen LogP contribution in [-0.4, -0.2) is 18.5 Å². The molecule has 1 N–H and O–H groups in total. The van der Waals surface area contributed by atoms with Crippen molar-refractivity contribution in [1.82, 2.24) is 0 Å². The van der Waals surface area contributed by atoms with Crippen molar-refractivity contribution in [3.8, 4) is 5.40 Å². The molecule has 29 heavy (non-hydrogen) atoms. The summed E-state index contributed by atoms with van der Waals surface area (Å²) in [5, 5.41) is 13.6. The van der Waals surface area contributed by atoms with E-state index in [-0.39, 0.29) is 18.9 Å². The fourth-order valence-corrected chi connectivity index (χ4v) is 4.25. The van der Waals surface area contributed by atoms with Gasteiger partial charge in [-0.2, -0.15) is 5.26 Å². The van der Waals surface area contributed by atoms with E-state index in [0.717, 1.165) is 46.2 Å². The number of benzene rings is 2. The molecular weight excluding hydrogens is 384 g/mol. The highest BCUT2D eigenvalue weighted by Gasteiger charge is 2.14. The lowest BCUT2D eigenvalue weighted by Gasteiger charge is -2.16. The molecule has 0 saturated heterocycles. The maximum atomic E-state index is 12.2. The lowest BCUT2D eigenvalue weighted by atomic mass is 9.90. The molecule has 150 valence electrons. The van der Waals surface area contributed by atoms with Gasteiger partial charge in [0.05, 0.1) is 6.42 Å². The number of anilines is 1. The molecule has 2 aromatic rings. The van der Waals surface area contributed by atoms with Gasteiger partial charge in [0.15, 0.2) is 6.61 Å². The van der Waals surface area contributed by atoms with E-state index in [4.69, 9.17) is 10.00 Å². The smallest absolute Gasteiger partial charge is 0.310 e. The number of carbonyl (C=O) groups is 2. The van der Waals surface area contributed by atoms with E-state index in [9.17, 15) is 9.59 Å². The molecule has 0 radical (unpaired) electrons. The number of thiocyanates is 1. The number of thioether (sulfide) groups is 1. The molecule has 0 heterocycles. The Morgan fingerprint density at radius 3 is 2.48 bits per heavy atom. The highest BCUT2D eigenvalue weighted by molar-refractivity contribution is 8.03. The van der Waals surface area contributed by atoms with Crippen LogP contribution in [0.5, 0.6) is 0 Å². The molecule has 0 fully saturated rings. The van der Waals surface area contributed by atoms with E-state index in [1.54, 1.807) is 0 Å². The highest BCUT2D eigenvalue weighted by Crippen LogP contribution is 2.27. The van der Waals surface area contributed by atoms with Crippen molar-refractivity contribution >= 4 is 29.3 Å². The van der Waals surface area contributed by atoms with E-state index < -0.39 is 5.97 Å². The van der Waals surface area contributed by atoms with Crippen LogP contribution in [0, 0.1) is 24.5 Å². The number of rotatable bonds is 6. The first-order chi connectivity index (χ1) is 14.0. The molecule has 5 nitrogen and oxygen atoms in total. The molecule has 0 aromatic heterocycles. The Labute approximate surface area is 175 Å². The number of nitrogens with zero attached hydrogens (tertiary/aromatic N) is 1. The maximum absolute atomic E-state index is 12.2. The van der Waals surface area contributed by atoms with Gasteiger partial charge in [-0.05, 0) is 91.2 Å². The van der Waals surface area contributed by atoms with Crippen molar-refractivity contribution in [2.24, 2.45) is 0 Å². The molecule has 6 heteroatoms. The summed E-state index contributed by atoms with van der Waals surface area (Å²) in [5.41, 5.74) is 6.02. The average molecular weight is 409 g/mol. The number of nitrogens with one attached hydrogen (secondary N) is 1. The SMILES string of the molecule is Cc1cc(SC#N)cc(C)c1NC(=O)COC(=O)Cc1ccc2c(c1)CCCC2. The standard InChI is InChI=1S/C23H24N2O3S/c1-15-9-20(29-14-24)10-16(2)23(15)25-21(26)13-28-22(27)12-17-7-8-18-5-3-4-6-19(18)11-17/h7-11H,3-6,12-13H2,1-2H3,(H,25,26). The maximum Gasteiger partial charge on any atom is 0.310 e. The number of aryl methyl sites for hydroxylation is 4. The van der Waals surface area contributed by atoms with E-state index in [0.29, 0.717) is 5.69 Å². The third-order valence-corrected chi connectivity index (χ3v) is 5.62. The van der Waals surface area contributed by atoms with Gasteiger partial charge < -0.3 is 10.1 Å². The number of ether oxygens (including phenoxy) is 1. The van der Waals surface area contributed by atoms with Gasteiger partial charge in [0, 0.05) is 10.6 Å². The van der Waals surface area contributed by atoms with Crippen LogP contribution in [0.2, 0.25) is 0 Å². The third kappa shape index (κ3) is 5.61. The predicted molar refractivity (Wildman–Crippen MR) is 114 cm³/mol. The van der Waals surface area contributed by atoms with Gasteiger partial charge in [-0.25, -0.2) is 0 Å². The number of carbonyl (C=O) groups excluding carboxylic acids is 2. The minimum Gasteiger partial charge on any atom is -0.455 e. The second kappa shape index (κ2) is 9.62. The second-order valence-electron chi connectivity index (χ2n) is 7.32. The van der Waals surface area contributed by atoms with E-state index in [2.05, 4.69) is 17.4 Å².